The van der Waals surface area contributed by atoms with Crippen LogP contribution in [-0.2, 0) is 22.7 Å². The lowest BCUT2D eigenvalue weighted by Gasteiger charge is -2.31. The monoisotopic (exact) mass is 323 g/mol. The minimum absolute atomic E-state index is 0.0800. The van der Waals surface area contributed by atoms with Crippen LogP contribution in [0.5, 0.6) is 0 Å². The van der Waals surface area contributed by atoms with E-state index in [1.807, 2.05) is 42.5 Å². The number of rotatable bonds is 5. The third-order valence-electron chi connectivity index (χ3n) is 4.28. The second-order valence-electron chi connectivity index (χ2n) is 6.01. The smallest absolute Gasteiger partial charge is 0.235 e. The Morgan fingerprint density at radius 2 is 1.88 bits per heavy atom. The fourth-order valence-corrected chi connectivity index (χ4v) is 2.96. The molecule has 0 radical (unpaired) electrons. The van der Waals surface area contributed by atoms with Gasteiger partial charge in [0.15, 0.2) is 0 Å². The van der Waals surface area contributed by atoms with E-state index < -0.39 is 5.92 Å². The maximum atomic E-state index is 12.6. The van der Waals surface area contributed by atoms with E-state index >= 15 is 0 Å². The number of pyridine rings is 1. The summed E-state index contributed by atoms with van der Waals surface area (Å²) >= 11 is 0. The number of hydrogen-bond acceptors (Lipinski definition) is 3. The minimum atomic E-state index is -0.579. The fourth-order valence-electron chi connectivity index (χ4n) is 2.96. The molecule has 1 aromatic carbocycles. The van der Waals surface area contributed by atoms with Crippen molar-refractivity contribution in [2.24, 2.45) is 5.92 Å². The first-order chi connectivity index (χ1) is 11.7. The Balaban J connectivity index is 1.58. The van der Waals surface area contributed by atoms with Crippen LogP contribution in [0.2, 0.25) is 0 Å². The molecule has 2 amide bonds. The Bertz CT molecular complexity index is 688. The summed E-state index contributed by atoms with van der Waals surface area (Å²) in [6.07, 6.45) is 4.90. The molecule has 1 atom stereocenters. The molecule has 0 aliphatic carbocycles. The van der Waals surface area contributed by atoms with Crippen molar-refractivity contribution < 1.29 is 9.59 Å². The maximum Gasteiger partial charge on any atom is 0.235 e. The zero-order valence-corrected chi connectivity index (χ0v) is 13.5. The Morgan fingerprint density at radius 1 is 1.12 bits per heavy atom. The highest BCUT2D eigenvalue weighted by atomic mass is 16.2. The van der Waals surface area contributed by atoms with Gasteiger partial charge in [0, 0.05) is 32.0 Å². The Labute approximate surface area is 141 Å². The first kappa shape index (κ1) is 16.2. The molecular formula is C19H21N3O2. The van der Waals surface area contributed by atoms with Crippen LogP contribution in [0.4, 0.5) is 0 Å². The zero-order chi connectivity index (χ0) is 16.8. The predicted molar refractivity (Wildman–Crippen MR) is 90.7 cm³/mol. The minimum Gasteiger partial charge on any atom is -0.351 e. The number of hydrogen-bond donors (Lipinski definition) is 1. The van der Waals surface area contributed by atoms with Crippen molar-refractivity contribution in [2.45, 2.75) is 25.9 Å². The van der Waals surface area contributed by atoms with Gasteiger partial charge < -0.3 is 10.2 Å². The van der Waals surface area contributed by atoms with Gasteiger partial charge in [-0.25, -0.2) is 0 Å². The summed E-state index contributed by atoms with van der Waals surface area (Å²) in [5.41, 5.74) is 2.06. The molecule has 1 aliphatic heterocycles. The normalized spacial score (nSPS) is 17.6. The summed E-state index contributed by atoms with van der Waals surface area (Å²) in [6, 6.07) is 13.5. The van der Waals surface area contributed by atoms with E-state index in [4.69, 9.17) is 0 Å². The van der Waals surface area contributed by atoms with Crippen LogP contribution in [0.1, 0.15) is 24.0 Å². The van der Waals surface area contributed by atoms with E-state index in [0.29, 0.717) is 26.1 Å². The van der Waals surface area contributed by atoms with Crippen molar-refractivity contribution in [1.82, 2.24) is 15.2 Å². The Hall–Kier alpha value is -2.69. The lowest BCUT2D eigenvalue weighted by atomic mass is 9.95. The highest BCUT2D eigenvalue weighted by Gasteiger charge is 2.33. The number of carbonyl (C=O) groups is 2. The second-order valence-corrected chi connectivity index (χ2v) is 6.01. The molecule has 0 bridgehead atoms. The third kappa shape index (κ3) is 3.98. The van der Waals surface area contributed by atoms with E-state index in [1.165, 1.54) is 0 Å². The van der Waals surface area contributed by atoms with Crippen LogP contribution < -0.4 is 5.32 Å². The summed E-state index contributed by atoms with van der Waals surface area (Å²) in [5.74, 6) is -0.837. The highest BCUT2D eigenvalue weighted by molar-refractivity contribution is 6.00. The van der Waals surface area contributed by atoms with E-state index in [2.05, 4.69) is 10.3 Å². The number of nitrogens with one attached hydrogen (secondary N) is 1. The van der Waals surface area contributed by atoms with E-state index in [0.717, 1.165) is 17.5 Å². The van der Waals surface area contributed by atoms with Crippen LogP contribution in [0.15, 0.2) is 54.9 Å². The van der Waals surface area contributed by atoms with Crippen LogP contribution >= 0.6 is 0 Å². The quantitative estimate of drug-likeness (QED) is 0.858. The molecule has 3 rings (SSSR count). The molecule has 1 unspecified atom stereocenters. The van der Waals surface area contributed by atoms with Crippen LogP contribution in [0, 0.1) is 5.92 Å². The lowest BCUT2D eigenvalue weighted by Crippen LogP contribution is -2.47. The van der Waals surface area contributed by atoms with Crippen molar-refractivity contribution in [1.29, 1.82) is 0 Å². The number of piperidine rings is 1. The maximum absolute atomic E-state index is 12.6. The van der Waals surface area contributed by atoms with E-state index in [1.54, 1.807) is 17.3 Å². The van der Waals surface area contributed by atoms with Gasteiger partial charge in [-0.1, -0.05) is 30.3 Å². The average molecular weight is 323 g/mol. The van der Waals surface area contributed by atoms with Crippen molar-refractivity contribution in [3.63, 3.8) is 0 Å². The van der Waals surface area contributed by atoms with Gasteiger partial charge >= 0.3 is 0 Å². The van der Waals surface area contributed by atoms with Crippen molar-refractivity contribution in [3.8, 4) is 0 Å². The molecule has 124 valence electrons. The van der Waals surface area contributed by atoms with E-state index in [9.17, 15) is 9.59 Å². The van der Waals surface area contributed by atoms with Gasteiger partial charge in [0.05, 0.1) is 0 Å². The molecule has 0 spiro atoms. The van der Waals surface area contributed by atoms with Gasteiger partial charge in [-0.15, -0.1) is 0 Å². The van der Waals surface area contributed by atoms with Gasteiger partial charge in [0.1, 0.15) is 5.92 Å². The first-order valence-electron chi connectivity index (χ1n) is 8.23. The molecular weight excluding hydrogens is 302 g/mol. The summed E-state index contributed by atoms with van der Waals surface area (Å²) in [7, 11) is 0. The van der Waals surface area contributed by atoms with Gasteiger partial charge in [0.2, 0.25) is 11.8 Å². The summed E-state index contributed by atoms with van der Waals surface area (Å²) in [6.45, 7) is 1.68. The molecule has 2 aromatic rings. The summed E-state index contributed by atoms with van der Waals surface area (Å²) < 4.78 is 0. The largest absolute Gasteiger partial charge is 0.351 e. The average Bonchev–Trinajstić information content (AvgIpc) is 2.63. The van der Waals surface area contributed by atoms with Gasteiger partial charge in [0.25, 0.3) is 0 Å². The number of nitrogens with zero attached hydrogens (tertiary/aromatic N) is 2. The standard InChI is InChI=1S/C19H21N3O2/c23-18(21-13-15-5-2-1-3-6-15)17-7-4-12-22(19(17)24)14-16-8-10-20-11-9-16/h1-3,5-6,8-11,17H,4,7,12-14H2,(H,21,23). The molecule has 5 nitrogen and oxygen atoms in total. The second kappa shape index (κ2) is 7.73. The predicted octanol–water partition coefficient (Wildman–Crippen LogP) is 2.14. The topological polar surface area (TPSA) is 62.3 Å². The van der Waals surface area contributed by atoms with Gasteiger partial charge in [-0.3, -0.25) is 14.6 Å². The molecule has 5 heteroatoms. The number of amides is 2. The summed E-state index contributed by atoms with van der Waals surface area (Å²) in [5, 5.41) is 2.89. The Kier molecular flexibility index (Phi) is 5.21. The van der Waals surface area contributed by atoms with Crippen LogP contribution in [0.25, 0.3) is 0 Å². The number of benzene rings is 1. The summed E-state index contributed by atoms with van der Waals surface area (Å²) in [4.78, 5) is 30.8. The zero-order valence-electron chi connectivity index (χ0n) is 13.5. The van der Waals surface area contributed by atoms with Gasteiger partial charge in [-0.2, -0.15) is 0 Å². The molecule has 1 aliphatic rings. The van der Waals surface area contributed by atoms with Crippen molar-refractivity contribution in [3.05, 3.63) is 66.0 Å². The van der Waals surface area contributed by atoms with Gasteiger partial charge in [-0.05, 0) is 36.1 Å². The first-order valence-corrected chi connectivity index (χ1v) is 8.23. The lowest BCUT2D eigenvalue weighted by molar-refractivity contribution is -0.145. The molecule has 1 aromatic heterocycles. The highest BCUT2D eigenvalue weighted by Crippen LogP contribution is 2.20. The molecule has 1 fully saturated rings. The van der Waals surface area contributed by atoms with Crippen LogP contribution in [0.3, 0.4) is 0 Å². The molecule has 2 heterocycles. The molecule has 24 heavy (non-hydrogen) atoms. The van der Waals surface area contributed by atoms with E-state index in [-0.39, 0.29) is 11.8 Å². The Morgan fingerprint density at radius 3 is 2.62 bits per heavy atom. The molecule has 1 saturated heterocycles. The third-order valence-corrected chi connectivity index (χ3v) is 4.28. The molecule has 0 saturated carbocycles. The fraction of sp³-hybridized carbons (Fsp3) is 0.316. The number of likely N-dealkylation sites (tertiary alicyclic amines) is 1. The molecule has 1 N–H and O–H groups in total. The number of aromatic nitrogens is 1. The van der Waals surface area contributed by atoms with Crippen molar-refractivity contribution >= 4 is 11.8 Å². The van der Waals surface area contributed by atoms with Crippen LogP contribution in [-0.4, -0.2) is 28.2 Å². The SMILES string of the molecule is O=C(NCc1ccccc1)C1CCCN(Cc2ccncc2)C1=O. The van der Waals surface area contributed by atoms with Crippen molar-refractivity contribution in [2.75, 3.05) is 6.54 Å². The number of carbonyl (C=O) groups excluding carboxylic acids is 2.